The number of aromatic nitrogens is 2. The van der Waals surface area contributed by atoms with Gasteiger partial charge in [0.1, 0.15) is 5.76 Å². The molecule has 0 radical (unpaired) electrons. The van der Waals surface area contributed by atoms with Gasteiger partial charge in [-0.3, -0.25) is 0 Å². The Balaban J connectivity index is 2.15. The number of nitrogens with zero attached hydrogens (tertiary/aromatic N) is 2. The highest BCUT2D eigenvalue weighted by molar-refractivity contribution is 5.32. The molecule has 90 valence electrons. The van der Waals surface area contributed by atoms with E-state index < -0.39 is 0 Å². The predicted molar refractivity (Wildman–Crippen MR) is 64.1 cm³/mol. The maximum Gasteiger partial charge on any atom is 0.226 e. The number of ether oxygens (including phenoxy) is 1. The number of rotatable bonds is 4. The normalized spacial score (nSPS) is 12.2. The van der Waals surface area contributed by atoms with Crippen molar-refractivity contribution in [1.29, 1.82) is 0 Å². The van der Waals surface area contributed by atoms with E-state index in [1.165, 1.54) is 0 Å². The second-order valence-corrected chi connectivity index (χ2v) is 3.76. The summed E-state index contributed by atoms with van der Waals surface area (Å²) in [5.41, 5.74) is 0.853. The van der Waals surface area contributed by atoms with Crippen molar-refractivity contribution in [2.45, 2.75) is 19.9 Å². The maximum absolute atomic E-state index is 5.30. The van der Waals surface area contributed by atoms with E-state index in [0.717, 1.165) is 11.5 Å². The molecule has 0 aliphatic rings. The van der Waals surface area contributed by atoms with Crippen LogP contribution < -0.4 is 10.1 Å². The van der Waals surface area contributed by atoms with Crippen molar-refractivity contribution < 1.29 is 9.15 Å². The van der Waals surface area contributed by atoms with E-state index >= 15 is 0 Å². The summed E-state index contributed by atoms with van der Waals surface area (Å²) >= 11 is 0. The Bertz CT molecular complexity index is 483. The van der Waals surface area contributed by atoms with Crippen LogP contribution in [0.5, 0.6) is 5.88 Å². The van der Waals surface area contributed by atoms with Crippen molar-refractivity contribution in [2.75, 3.05) is 12.4 Å². The highest BCUT2D eigenvalue weighted by Gasteiger charge is 2.10. The van der Waals surface area contributed by atoms with E-state index in [1.54, 1.807) is 19.4 Å². The summed E-state index contributed by atoms with van der Waals surface area (Å²) in [5.74, 6) is 1.92. The molecule has 5 nitrogen and oxygen atoms in total. The Morgan fingerprint density at radius 2 is 2.24 bits per heavy atom. The number of furan rings is 1. The van der Waals surface area contributed by atoms with Crippen molar-refractivity contribution in [2.24, 2.45) is 0 Å². The molecule has 0 aliphatic heterocycles. The molecule has 0 spiro atoms. The van der Waals surface area contributed by atoms with Gasteiger partial charge in [-0.1, -0.05) is 0 Å². The minimum atomic E-state index is 0.0107. The molecule has 2 aromatic heterocycles. The topological polar surface area (TPSA) is 60.2 Å². The van der Waals surface area contributed by atoms with E-state index in [-0.39, 0.29) is 6.04 Å². The molecule has 0 amide bonds. The first-order chi connectivity index (χ1) is 8.19. The summed E-state index contributed by atoms with van der Waals surface area (Å²) < 4.78 is 10.4. The van der Waals surface area contributed by atoms with E-state index in [4.69, 9.17) is 9.15 Å². The molecule has 5 heteroatoms. The first-order valence-corrected chi connectivity index (χ1v) is 5.38. The summed E-state index contributed by atoms with van der Waals surface area (Å²) in [7, 11) is 1.58. The van der Waals surface area contributed by atoms with Crippen molar-refractivity contribution in [3.8, 4) is 5.88 Å². The van der Waals surface area contributed by atoms with E-state index in [0.29, 0.717) is 11.8 Å². The minimum Gasteiger partial charge on any atom is -0.481 e. The Labute approximate surface area is 99.8 Å². The number of aryl methyl sites for hydroxylation is 1. The van der Waals surface area contributed by atoms with Crippen LogP contribution in [0, 0.1) is 6.92 Å². The van der Waals surface area contributed by atoms with Crippen molar-refractivity contribution in [3.05, 3.63) is 35.9 Å². The average Bonchev–Trinajstić information content (AvgIpc) is 2.81. The van der Waals surface area contributed by atoms with Crippen LogP contribution in [0.4, 0.5) is 5.95 Å². The van der Waals surface area contributed by atoms with Crippen LogP contribution in [-0.4, -0.2) is 17.1 Å². The lowest BCUT2D eigenvalue weighted by Crippen LogP contribution is -2.09. The standard InChI is InChI=1S/C12H15N3O2/c1-8-7-11(16-3)15-12(13-8)14-9(2)10-5-4-6-17-10/h4-7,9H,1-3H3,(H,13,14,15). The van der Waals surface area contributed by atoms with Gasteiger partial charge in [0, 0.05) is 11.8 Å². The quantitative estimate of drug-likeness (QED) is 0.879. The Morgan fingerprint density at radius 1 is 1.41 bits per heavy atom. The van der Waals surface area contributed by atoms with Gasteiger partial charge in [-0.25, -0.2) is 4.98 Å². The van der Waals surface area contributed by atoms with E-state index in [2.05, 4.69) is 15.3 Å². The molecule has 0 aromatic carbocycles. The average molecular weight is 233 g/mol. The molecule has 0 aliphatic carbocycles. The van der Waals surface area contributed by atoms with Crippen molar-refractivity contribution in [1.82, 2.24) is 9.97 Å². The van der Waals surface area contributed by atoms with E-state index in [1.807, 2.05) is 26.0 Å². The Morgan fingerprint density at radius 3 is 2.88 bits per heavy atom. The summed E-state index contributed by atoms with van der Waals surface area (Å²) in [5, 5.41) is 3.16. The molecule has 2 rings (SSSR count). The molecule has 1 atom stereocenters. The maximum atomic E-state index is 5.30. The van der Waals surface area contributed by atoms with Crippen LogP contribution in [0.2, 0.25) is 0 Å². The Hall–Kier alpha value is -2.04. The fourth-order valence-electron chi connectivity index (χ4n) is 1.51. The molecule has 1 N–H and O–H groups in total. The lowest BCUT2D eigenvalue weighted by Gasteiger charge is -2.12. The zero-order chi connectivity index (χ0) is 12.3. The van der Waals surface area contributed by atoms with E-state index in [9.17, 15) is 0 Å². The number of hydrogen-bond acceptors (Lipinski definition) is 5. The van der Waals surface area contributed by atoms with Crippen LogP contribution in [0.25, 0.3) is 0 Å². The molecule has 0 saturated heterocycles. The summed E-state index contributed by atoms with van der Waals surface area (Å²) in [6.07, 6.45) is 1.64. The highest BCUT2D eigenvalue weighted by atomic mass is 16.5. The smallest absolute Gasteiger partial charge is 0.226 e. The molecule has 1 unspecified atom stereocenters. The second-order valence-electron chi connectivity index (χ2n) is 3.76. The van der Waals surface area contributed by atoms with Crippen molar-refractivity contribution in [3.63, 3.8) is 0 Å². The minimum absolute atomic E-state index is 0.0107. The molecular weight excluding hydrogens is 218 g/mol. The molecule has 0 fully saturated rings. The number of nitrogens with one attached hydrogen (secondary N) is 1. The highest BCUT2D eigenvalue weighted by Crippen LogP contribution is 2.19. The largest absolute Gasteiger partial charge is 0.481 e. The van der Waals surface area contributed by atoms with Gasteiger partial charge in [0.25, 0.3) is 0 Å². The first-order valence-electron chi connectivity index (χ1n) is 5.38. The molecule has 0 saturated carbocycles. The second kappa shape index (κ2) is 4.86. The first kappa shape index (κ1) is 11.4. The lowest BCUT2D eigenvalue weighted by molar-refractivity contribution is 0.396. The summed E-state index contributed by atoms with van der Waals surface area (Å²) in [4.78, 5) is 8.50. The molecule has 2 aromatic rings. The van der Waals surface area contributed by atoms with Gasteiger partial charge in [0.05, 0.1) is 19.4 Å². The van der Waals surface area contributed by atoms with Gasteiger partial charge in [-0.15, -0.1) is 0 Å². The number of methoxy groups -OCH3 is 1. The van der Waals surface area contributed by atoms with Gasteiger partial charge in [0.15, 0.2) is 0 Å². The monoisotopic (exact) mass is 233 g/mol. The molecule has 2 heterocycles. The summed E-state index contributed by atoms with van der Waals surface area (Å²) in [6, 6.07) is 5.55. The molecular formula is C12H15N3O2. The summed E-state index contributed by atoms with van der Waals surface area (Å²) in [6.45, 7) is 3.88. The fraction of sp³-hybridized carbons (Fsp3) is 0.333. The van der Waals surface area contributed by atoms with Gasteiger partial charge in [-0.2, -0.15) is 4.98 Å². The SMILES string of the molecule is COc1cc(C)nc(NC(C)c2ccco2)n1. The van der Waals surface area contributed by atoms with Crippen molar-refractivity contribution >= 4 is 5.95 Å². The van der Waals surface area contributed by atoms with Gasteiger partial charge in [0.2, 0.25) is 11.8 Å². The van der Waals surface area contributed by atoms with Gasteiger partial charge >= 0.3 is 0 Å². The predicted octanol–water partition coefficient (Wildman–Crippen LogP) is 2.56. The zero-order valence-corrected chi connectivity index (χ0v) is 10.1. The van der Waals surface area contributed by atoms with Crippen LogP contribution in [0.3, 0.4) is 0 Å². The third-order valence-corrected chi connectivity index (χ3v) is 2.36. The molecule has 0 bridgehead atoms. The Kier molecular flexibility index (Phi) is 3.27. The number of hydrogen-bond donors (Lipinski definition) is 1. The van der Waals surface area contributed by atoms with Crippen LogP contribution >= 0.6 is 0 Å². The van der Waals surface area contributed by atoms with Crippen LogP contribution in [0.1, 0.15) is 24.4 Å². The van der Waals surface area contributed by atoms with Gasteiger partial charge in [-0.05, 0) is 26.0 Å². The van der Waals surface area contributed by atoms with Crippen LogP contribution in [0.15, 0.2) is 28.9 Å². The molecule has 17 heavy (non-hydrogen) atoms. The lowest BCUT2D eigenvalue weighted by atomic mass is 10.2. The fourth-order valence-corrected chi connectivity index (χ4v) is 1.51. The third kappa shape index (κ3) is 2.75. The van der Waals surface area contributed by atoms with Crippen LogP contribution in [-0.2, 0) is 0 Å². The zero-order valence-electron chi connectivity index (χ0n) is 10.1. The van der Waals surface area contributed by atoms with Gasteiger partial charge < -0.3 is 14.5 Å². The number of anilines is 1. The third-order valence-electron chi connectivity index (χ3n) is 2.36.